The third kappa shape index (κ3) is 10.7. The maximum Gasteiger partial charge on any atom is 0.192 e. The lowest BCUT2D eigenvalue weighted by atomic mass is 9.75. The lowest BCUT2D eigenvalue weighted by molar-refractivity contribution is -0.104. The van der Waals surface area contributed by atoms with Crippen molar-refractivity contribution in [2.45, 2.75) is 104 Å². The number of rotatable bonds is 13. The molecule has 0 N–H and O–H groups in total. The summed E-state index contributed by atoms with van der Waals surface area (Å²) < 4.78 is 12.8. The number of thioether (sulfide) groups is 1. The van der Waals surface area contributed by atoms with Crippen LogP contribution in [0, 0.1) is 5.41 Å². The second-order valence-corrected chi connectivity index (χ2v) is 26.3. The van der Waals surface area contributed by atoms with Crippen LogP contribution >= 0.6 is 11.8 Å². The van der Waals surface area contributed by atoms with E-state index in [1.807, 2.05) is 11.8 Å². The van der Waals surface area contributed by atoms with E-state index in [0.29, 0.717) is 0 Å². The smallest absolute Gasteiger partial charge is 0.192 e. The number of nitrogens with zero attached hydrogens (tertiary/aromatic N) is 1. The molecule has 0 aliphatic heterocycles. The van der Waals surface area contributed by atoms with Crippen molar-refractivity contribution in [3.8, 4) is 0 Å². The van der Waals surface area contributed by atoms with Gasteiger partial charge in [0.15, 0.2) is 16.6 Å². The minimum atomic E-state index is -1.78. The molecule has 1 aromatic carbocycles. The highest BCUT2D eigenvalue weighted by Crippen LogP contribution is 2.46. The number of allylic oxidation sites excluding steroid dienone is 4. The Hall–Kier alpha value is -1.39. The highest BCUT2D eigenvalue weighted by Gasteiger charge is 2.38. The summed E-state index contributed by atoms with van der Waals surface area (Å²) in [7, 11) is -1.38. The van der Waals surface area contributed by atoms with Crippen molar-refractivity contribution in [2.24, 2.45) is 5.41 Å². The lowest BCUT2D eigenvalue weighted by Crippen LogP contribution is -2.42. The van der Waals surface area contributed by atoms with Gasteiger partial charge in [0.2, 0.25) is 0 Å². The summed E-state index contributed by atoms with van der Waals surface area (Å²) in [5.74, 6) is 0.885. The third-order valence-corrected chi connectivity index (χ3v) is 19.6. The number of likely N-dealkylation sites (N-methyl/N-ethyl adjacent to an activating group) is 1. The summed E-state index contributed by atoms with van der Waals surface area (Å²) in [6.45, 7) is 29.8. The first-order valence-corrected chi connectivity index (χ1v) is 22.3. The molecule has 1 aromatic rings. The topological polar surface area (TPSA) is 38.8 Å². The van der Waals surface area contributed by atoms with Crippen molar-refractivity contribution in [1.82, 2.24) is 0 Å². The van der Waals surface area contributed by atoms with Crippen LogP contribution < -0.4 is 4.90 Å². The van der Waals surface area contributed by atoms with Crippen LogP contribution in [-0.4, -0.2) is 55.5 Å². The van der Waals surface area contributed by atoms with Gasteiger partial charge in [0, 0.05) is 36.5 Å². The number of benzene rings is 1. The molecule has 0 fully saturated rings. The van der Waals surface area contributed by atoms with E-state index in [2.05, 4.69) is 130 Å². The van der Waals surface area contributed by atoms with Crippen LogP contribution in [0.2, 0.25) is 36.3 Å². The Morgan fingerprint density at radius 2 is 1.43 bits per heavy atom. The summed E-state index contributed by atoms with van der Waals surface area (Å²) in [4.78, 5) is 15.1. The number of anilines is 1. The first-order chi connectivity index (χ1) is 19.2. The first-order valence-electron chi connectivity index (χ1n) is 15.5. The average Bonchev–Trinajstić information content (AvgIpc) is 2.84. The quantitative estimate of drug-likeness (QED) is 0.0940. The maximum absolute atomic E-state index is 11.6. The van der Waals surface area contributed by atoms with Gasteiger partial charge >= 0.3 is 0 Å². The zero-order chi connectivity index (χ0) is 32.0. The van der Waals surface area contributed by atoms with Gasteiger partial charge in [0.05, 0.1) is 6.61 Å². The number of hydrogen-bond donors (Lipinski definition) is 0. The fourth-order valence-corrected chi connectivity index (χ4v) is 7.72. The van der Waals surface area contributed by atoms with Crippen molar-refractivity contribution in [1.29, 1.82) is 0 Å². The molecule has 0 spiro atoms. The number of aldehydes is 1. The molecule has 0 heterocycles. The fraction of sp³-hybridized carbons (Fsp3) is 0.629. The molecule has 236 valence electrons. The molecule has 0 amide bonds. The lowest BCUT2D eigenvalue weighted by Gasteiger charge is -2.36. The van der Waals surface area contributed by atoms with Gasteiger partial charge in [0.1, 0.15) is 6.29 Å². The third-order valence-electron chi connectivity index (χ3n) is 9.30. The zero-order valence-corrected chi connectivity index (χ0v) is 31.8. The second-order valence-electron chi connectivity index (χ2n) is 15.6. The van der Waals surface area contributed by atoms with Gasteiger partial charge in [-0.15, -0.1) is 11.8 Å². The highest BCUT2D eigenvalue weighted by atomic mass is 32.2. The number of hydrogen-bond acceptors (Lipinski definition) is 5. The van der Waals surface area contributed by atoms with E-state index in [9.17, 15) is 4.79 Å². The normalized spacial score (nSPS) is 17.8. The van der Waals surface area contributed by atoms with Crippen molar-refractivity contribution in [2.75, 3.05) is 37.5 Å². The molecule has 0 atom stereocenters. The zero-order valence-electron chi connectivity index (χ0n) is 28.9. The van der Waals surface area contributed by atoms with Crippen LogP contribution in [0.3, 0.4) is 0 Å². The molecule has 0 radical (unpaired) electrons. The van der Waals surface area contributed by atoms with Gasteiger partial charge in [-0.2, -0.15) is 0 Å². The Bertz CT molecular complexity index is 1140. The Kier molecular flexibility index (Phi) is 12.8. The molecule has 0 saturated heterocycles. The van der Waals surface area contributed by atoms with E-state index < -0.39 is 16.6 Å². The number of carbonyl (C=O) groups excluding carboxylic acids is 1. The molecular weight excluding hydrogens is 571 g/mol. The Balaban J connectivity index is 2.16. The predicted octanol–water partition coefficient (Wildman–Crippen LogP) is 10.1. The molecule has 42 heavy (non-hydrogen) atoms. The van der Waals surface area contributed by atoms with Gasteiger partial charge in [0.25, 0.3) is 0 Å². The summed E-state index contributed by atoms with van der Waals surface area (Å²) in [6.07, 6.45) is 9.09. The van der Waals surface area contributed by atoms with Crippen molar-refractivity contribution in [3.63, 3.8) is 0 Å². The van der Waals surface area contributed by atoms with Crippen LogP contribution in [0.25, 0.3) is 6.08 Å². The van der Waals surface area contributed by atoms with Gasteiger partial charge in [-0.3, -0.25) is 4.79 Å². The second kappa shape index (κ2) is 14.6. The molecule has 2 rings (SSSR count). The van der Waals surface area contributed by atoms with Gasteiger partial charge in [-0.1, -0.05) is 79.7 Å². The molecule has 4 nitrogen and oxygen atoms in total. The maximum atomic E-state index is 11.6. The molecule has 0 aromatic heterocycles. The molecule has 1 aliphatic rings. The van der Waals surface area contributed by atoms with E-state index in [1.165, 1.54) is 21.7 Å². The monoisotopic (exact) mass is 629 g/mol. The molecule has 1 aliphatic carbocycles. The predicted molar refractivity (Wildman–Crippen MR) is 192 cm³/mol. The van der Waals surface area contributed by atoms with Crippen LogP contribution in [0.5, 0.6) is 0 Å². The Morgan fingerprint density at radius 1 is 0.881 bits per heavy atom. The first kappa shape index (κ1) is 36.8. The summed E-state index contributed by atoms with van der Waals surface area (Å²) in [5.41, 5.74) is 4.93. The van der Waals surface area contributed by atoms with Crippen molar-refractivity contribution in [3.05, 3.63) is 58.0 Å². The van der Waals surface area contributed by atoms with E-state index in [1.54, 1.807) is 6.08 Å². The van der Waals surface area contributed by atoms with Crippen LogP contribution in [-0.2, 0) is 13.6 Å². The summed E-state index contributed by atoms with van der Waals surface area (Å²) in [5, 5.41) is 0.425. The van der Waals surface area contributed by atoms with Crippen molar-refractivity contribution >= 4 is 46.4 Å². The summed E-state index contributed by atoms with van der Waals surface area (Å²) >= 11 is 1.84. The standard InChI is InChI=1S/C35H59NO3SSi2/c1-33(2,3)41(10,11)38-23-21-36(9)31-18-15-28(16-19-31)14-17-29-26-35(7,8)27-30(20-22-37)32(29)40-25-24-39-42(12,13)34(4,5)6/h14-20,22H,21,23-27H2,1-13H3/b17-14+,30-20+. The molecule has 7 heteroatoms. The Morgan fingerprint density at radius 3 is 1.95 bits per heavy atom. The summed E-state index contributed by atoms with van der Waals surface area (Å²) in [6, 6.07) is 8.76. The average molecular weight is 630 g/mol. The van der Waals surface area contributed by atoms with Crippen LogP contribution in [0.4, 0.5) is 5.69 Å². The minimum Gasteiger partial charge on any atom is -0.416 e. The Labute approximate surface area is 264 Å². The molecular formula is C35H59NO3SSi2. The molecule has 0 saturated carbocycles. The van der Waals surface area contributed by atoms with Crippen LogP contribution in [0.15, 0.2) is 52.5 Å². The minimum absolute atomic E-state index is 0.106. The fourth-order valence-electron chi connectivity index (χ4n) is 4.47. The van der Waals surface area contributed by atoms with Crippen LogP contribution in [0.1, 0.15) is 73.8 Å². The molecule has 0 bridgehead atoms. The van der Waals surface area contributed by atoms with Gasteiger partial charge in [-0.05, 0) is 89.4 Å². The van der Waals surface area contributed by atoms with E-state index in [4.69, 9.17) is 8.85 Å². The van der Waals surface area contributed by atoms with Crippen molar-refractivity contribution < 1.29 is 13.6 Å². The largest absolute Gasteiger partial charge is 0.416 e. The number of carbonyl (C=O) groups is 1. The van der Waals surface area contributed by atoms with E-state index in [-0.39, 0.29) is 15.5 Å². The molecule has 0 unspecified atom stereocenters. The highest BCUT2D eigenvalue weighted by molar-refractivity contribution is 8.03. The van der Waals surface area contributed by atoms with E-state index in [0.717, 1.165) is 50.2 Å². The van der Waals surface area contributed by atoms with E-state index >= 15 is 0 Å². The van der Waals surface area contributed by atoms with Gasteiger partial charge in [-0.25, -0.2) is 0 Å². The SMILES string of the molecule is CN(CCO[Si](C)(C)C(C)(C)C)c1ccc(/C=C/C2=C(SCCO[Si](C)(C)C(C)(C)C)C(=C/C=O)/CC(C)(C)C2)cc1. The van der Waals surface area contributed by atoms with Gasteiger partial charge < -0.3 is 13.8 Å².